The lowest BCUT2D eigenvalue weighted by atomic mass is 9.99. The molecule has 3 rings (SSSR count). The number of rotatable bonds is 4. The van der Waals surface area contributed by atoms with Crippen LogP contribution in [0.5, 0.6) is 0 Å². The van der Waals surface area contributed by atoms with Crippen LogP contribution in [0.2, 0.25) is 0 Å². The number of hydrogen-bond acceptors (Lipinski definition) is 1. The van der Waals surface area contributed by atoms with Gasteiger partial charge in [-0.05, 0) is 36.1 Å². The van der Waals surface area contributed by atoms with Gasteiger partial charge in [0.2, 0.25) is 0 Å². The normalized spacial score (nSPS) is 17.7. The summed E-state index contributed by atoms with van der Waals surface area (Å²) in [5.41, 5.74) is 3.47. The van der Waals surface area contributed by atoms with Crippen LogP contribution in [0.4, 0.5) is 0 Å². The number of carbonyl (C=O) groups excluding carboxylic acids is 1. The summed E-state index contributed by atoms with van der Waals surface area (Å²) in [6.45, 7) is 3.86. The summed E-state index contributed by atoms with van der Waals surface area (Å²) >= 11 is 0. The van der Waals surface area contributed by atoms with Crippen LogP contribution in [0.25, 0.3) is 0 Å². The van der Waals surface area contributed by atoms with E-state index in [4.69, 9.17) is 0 Å². The first-order valence-electron chi connectivity index (χ1n) is 8.21. The van der Waals surface area contributed by atoms with Gasteiger partial charge < -0.3 is 4.90 Å². The first kappa shape index (κ1) is 14.8. The van der Waals surface area contributed by atoms with Gasteiger partial charge in [0.25, 0.3) is 5.91 Å². The number of nitrogens with zero attached hydrogens (tertiary/aromatic N) is 1. The van der Waals surface area contributed by atoms with Crippen LogP contribution in [0.1, 0.15) is 47.2 Å². The van der Waals surface area contributed by atoms with Crippen molar-refractivity contribution in [3.63, 3.8) is 0 Å². The van der Waals surface area contributed by atoms with Crippen molar-refractivity contribution in [2.24, 2.45) is 0 Å². The van der Waals surface area contributed by atoms with Crippen molar-refractivity contribution < 1.29 is 4.79 Å². The number of amides is 1. The Bertz CT molecular complexity index is 618. The second-order valence-corrected chi connectivity index (χ2v) is 6.09. The first-order valence-corrected chi connectivity index (χ1v) is 8.21. The average molecular weight is 293 g/mol. The Balaban J connectivity index is 1.66. The Labute approximate surface area is 132 Å². The van der Waals surface area contributed by atoms with Crippen LogP contribution in [-0.2, 0) is 6.42 Å². The largest absolute Gasteiger partial charge is 0.338 e. The molecule has 2 heteroatoms. The van der Waals surface area contributed by atoms with Crippen LogP contribution < -0.4 is 0 Å². The zero-order valence-electron chi connectivity index (χ0n) is 13.2. The highest BCUT2D eigenvalue weighted by Crippen LogP contribution is 2.28. The van der Waals surface area contributed by atoms with E-state index in [1.165, 1.54) is 11.1 Å². The summed E-state index contributed by atoms with van der Waals surface area (Å²) in [6.07, 6.45) is 3.27. The highest BCUT2D eigenvalue weighted by molar-refractivity contribution is 5.94. The summed E-state index contributed by atoms with van der Waals surface area (Å²) in [6, 6.07) is 18.6. The van der Waals surface area contributed by atoms with Gasteiger partial charge in [-0.25, -0.2) is 0 Å². The van der Waals surface area contributed by atoms with Crippen molar-refractivity contribution >= 4 is 5.91 Å². The van der Waals surface area contributed by atoms with Crippen molar-refractivity contribution in [2.75, 3.05) is 13.1 Å². The first-order chi connectivity index (χ1) is 10.8. The molecule has 1 aliphatic heterocycles. The molecule has 1 saturated heterocycles. The van der Waals surface area contributed by atoms with E-state index in [-0.39, 0.29) is 5.91 Å². The van der Waals surface area contributed by atoms with Gasteiger partial charge in [-0.3, -0.25) is 4.79 Å². The molecule has 2 nitrogen and oxygen atoms in total. The predicted octanol–water partition coefficient (Wildman–Crippen LogP) is 4.27. The van der Waals surface area contributed by atoms with Gasteiger partial charge >= 0.3 is 0 Å². The zero-order chi connectivity index (χ0) is 15.4. The summed E-state index contributed by atoms with van der Waals surface area (Å²) in [5, 5.41) is 0. The van der Waals surface area contributed by atoms with E-state index in [2.05, 4.69) is 43.3 Å². The molecule has 1 aliphatic rings. The molecule has 2 aromatic carbocycles. The van der Waals surface area contributed by atoms with Crippen molar-refractivity contribution in [2.45, 2.75) is 32.1 Å². The summed E-state index contributed by atoms with van der Waals surface area (Å²) in [5.74, 6) is 0.644. The molecule has 0 bridgehead atoms. The third-order valence-corrected chi connectivity index (χ3v) is 4.49. The van der Waals surface area contributed by atoms with Gasteiger partial charge in [0.15, 0.2) is 0 Å². The second kappa shape index (κ2) is 6.78. The predicted molar refractivity (Wildman–Crippen MR) is 90.1 cm³/mol. The van der Waals surface area contributed by atoms with E-state index in [1.54, 1.807) is 0 Å². The summed E-state index contributed by atoms with van der Waals surface area (Å²) < 4.78 is 0. The third kappa shape index (κ3) is 3.22. The van der Waals surface area contributed by atoms with Gasteiger partial charge in [0.1, 0.15) is 0 Å². The number of benzene rings is 2. The molecule has 114 valence electrons. The fourth-order valence-electron chi connectivity index (χ4n) is 3.23. The lowest BCUT2D eigenvalue weighted by Crippen LogP contribution is -2.28. The Morgan fingerprint density at radius 3 is 2.50 bits per heavy atom. The van der Waals surface area contributed by atoms with Crippen LogP contribution in [-0.4, -0.2) is 23.9 Å². The molecule has 0 aliphatic carbocycles. The molecule has 2 aromatic rings. The Morgan fingerprint density at radius 1 is 1.09 bits per heavy atom. The molecule has 1 atom stereocenters. The van der Waals surface area contributed by atoms with Crippen LogP contribution in [0.3, 0.4) is 0 Å². The molecule has 22 heavy (non-hydrogen) atoms. The second-order valence-electron chi connectivity index (χ2n) is 6.09. The van der Waals surface area contributed by atoms with Gasteiger partial charge in [-0.15, -0.1) is 0 Å². The van der Waals surface area contributed by atoms with E-state index in [1.807, 2.05) is 23.1 Å². The van der Waals surface area contributed by atoms with E-state index in [0.717, 1.165) is 37.9 Å². The maximum atomic E-state index is 12.6. The van der Waals surface area contributed by atoms with E-state index < -0.39 is 0 Å². The highest BCUT2D eigenvalue weighted by atomic mass is 16.2. The molecule has 1 fully saturated rings. The van der Waals surface area contributed by atoms with E-state index >= 15 is 0 Å². The van der Waals surface area contributed by atoms with Gasteiger partial charge in [0, 0.05) is 24.6 Å². The zero-order valence-corrected chi connectivity index (χ0v) is 13.2. The molecular weight excluding hydrogens is 270 g/mol. The maximum absolute atomic E-state index is 12.6. The van der Waals surface area contributed by atoms with Gasteiger partial charge in [-0.1, -0.05) is 55.8 Å². The molecule has 0 aromatic heterocycles. The van der Waals surface area contributed by atoms with Crippen LogP contribution in [0.15, 0.2) is 54.6 Å². The Kier molecular flexibility index (Phi) is 4.57. The topological polar surface area (TPSA) is 20.3 Å². The molecule has 1 amide bonds. The summed E-state index contributed by atoms with van der Waals surface area (Å²) in [7, 11) is 0. The molecule has 1 heterocycles. The van der Waals surface area contributed by atoms with Crippen molar-refractivity contribution in [3.05, 3.63) is 71.3 Å². The van der Waals surface area contributed by atoms with Gasteiger partial charge in [0.05, 0.1) is 0 Å². The number of hydrogen-bond donors (Lipinski definition) is 0. The Hall–Kier alpha value is -2.09. The minimum Gasteiger partial charge on any atom is -0.338 e. The van der Waals surface area contributed by atoms with Crippen molar-refractivity contribution in [1.82, 2.24) is 4.90 Å². The SMILES string of the molecule is CCCc1ccc(C(=O)N2CCC(c3ccccc3)C2)cc1. The molecule has 0 saturated carbocycles. The maximum Gasteiger partial charge on any atom is 0.253 e. The Morgan fingerprint density at radius 2 is 1.82 bits per heavy atom. The lowest BCUT2D eigenvalue weighted by molar-refractivity contribution is 0.0791. The molecule has 0 spiro atoms. The van der Waals surface area contributed by atoms with Crippen molar-refractivity contribution in [3.8, 4) is 0 Å². The molecule has 0 N–H and O–H groups in total. The monoisotopic (exact) mass is 293 g/mol. The lowest BCUT2D eigenvalue weighted by Gasteiger charge is -2.17. The fraction of sp³-hybridized carbons (Fsp3) is 0.350. The summed E-state index contributed by atoms with van der Waals surface area (Å²) in [4.78, 5) is 14.6. The highest BCUT2D eigenvalue weighted by Gasteiger charge is 2.27. The quantitative estimate of drug-likeness (QED) is 0.824. The minimum absolute atomic E-state index is 0.168. The van der Waals surface area contributed by atoms with Crippen LogP contribution >= 0.6 is 0 Å². The molecule has 1 unspecified atom stereocenters. The van der Waals surface area contributed by atoms with E-state index in [9.17, 15) is 4.79 Å². The smallest absolute Gasteiger partial charge is 0.253 e. The van der Waals surface area contributed by atoms with Crippen molar-refractivity contribution in [1.29, 1.82) is 0 Å². The fourth-order valence-corrected chi connectivity index (χ4v) is 3.23. The number of likely N-dealkylation sites (tertiary alicyclic amines) is 1. The number of carbonyl (C=O) groups is 1. The molecular formula is C20H23NO. The van der Waals surface area contributed by atoms with Crippen LogP contribution in [0, 0.1) is 0 Å². The minimum atomic E-state index is 0.168. The number of aryl methyl sites for hydroxylation is 1. The standard InChI is InChI=1S/C20H23NO/c1-2-6-16-9-11-18(12-10-16)20(22)21-14-13-19(15-21)17-7-4-3-5-8-17/h3-5,7-12,19H,2,6,13-15H2,1H3. The van der Waals surface area contributed by atoms with E-state index in [0.29, 0.717) is 5.92 Å². The molecule has 0 radical (unpaired) electrons. The average Bonchev–Trinajstić information content (AvgIpc) is 3.06. The van der Waals surface area contributed by atoms with Gasteiger partial charge in [-0.2, -0.15) is 0 Å². The third-order valence-electron chi connectivity index (χ3n) is 4.49.